The van der Waals surface area contributed by atoms with Crippen molar-refractivity contribution in [3.8, 4) is 11.4 Å². The summed E-state index contributed by atoms with van der Waals surface area (Å²) >= 11 is 0. The lowest BCUT2D eigenvalue weighted by Crippen LogP contribution is -2.44. The van der Waals surface area contributed by atoms with Crippen LogP contribution in [0.15, 0.2) is 59.0 Å². The third-order valence-corrected chi connectivity index (χ3v) is 5.81. The molecule has 0 radical (unpaired) electrons. The maximum absolute atomic E-state index is 13.3. The van der Waals surface area contributed by atoms with E-state index >= 15 is 0 Å². The van der Waals surface area contributed by atoms with Crippen LogP contribution in [0, 0.1) is 0 Å². The van der Waals surface area contributed by atoms with Crippen LogP contribution in [0.5, 0.6) is 0 Å². The predicted octanol–water partition coefficient (Wildman–Crippen LogP) is 3.55. The van der Waals surface area contributed by atoms with Gasteiger partial charge in [0.2, 0.25) is 5.91 Å². The summed E-state index contributed by atoms with van der Waals surface area (Å²) in [6.45, 7) is 0.765. The van der Waals surface area contributed by atoms with Crippen LogP contribution >= 0.6 is 0 Å². The minimum Gasteiger partial charge on any atom is -0.441 e. The van der Waals surface area contributed by atoms with Gasteiger partial charge < -0.3 is 9.32 Å². The fourth-order valence-corrected chi connectivity index (χ4v) is 4.44. The molecule has 0 spiro atoms. The van der Waals surface area contributed by atoms with Crippen molar-refractivity contribution in [2.24, 2.45) is 0 Å². The average molecular weight is 385 g/mol. The van der Waals surface area contributed by atoms with E-state index in [1.807, 2.05) is 64.2 Å². The molecule has 0 saturated carbocycles. The van der Waals surface area contributed by atoms with Gasteiger partial charge in [0.25, 0.3) is 0 Å². The number of oxazole rings is 1. The second-order valence-corrected chi connectivity index (χ2v) is 7.59. The number of amides is 1. The molecule has 1 amide bonds. The van der Waals surface area contributed by atoms with Crippen molar-refractivity contribution in [3.05, 3.63) is 66.3 Å². The van der Waals surface area contributed by atoms with E-state index < -0.39 is 6.04 Å². The molecule has 2 aromatic heterocycles. The summed E-state index contributed by atoms with van der Waals surface area (Å²) in [5, 5.41) is 4.75. The number of aromatic nitrogens is 4. The van der Waals surface area contributed by atoms with E-state index in [9.17, 15) is 4.79 Å². The predicted molar refractivity (Wildman–Crippen MR) is 106 cm³/mol. The number of nitrogens with zero attached hydrogens (tertiary/aromatic N) is 5. The SMILES string of the molecule is O=C1[C@H](Cc2nc3ccccc3o2)n2nc(-c3ccccc3)nc2[C@H]2CCCN12. The maximum atomic E-state index is 13.3. The third kappa shape index (κ3) is 2.57. The fourth-order valence-electron chi connectivity index (χ4n) is 4.44. The van der Waals surface area contributed by atoms with Crippen LogP contribution in [0.3, 0.4) is 0 Å². The van der Waals surface area contributed by atoms with Gasteiger partial charge in [0, 0.05) is 12.1 Å². The van der Waals surface area contributed by atoms with Crippen molar-refractivity contribution >= 4 is 17.0 Å². The molecule has 7 heteroatoms. The van der Waals surface area contributed by atoms with Crippen molar-refractivity contribution in [2.45, 2.75) is 31.3 Å². The highest BCUT2D eigenvalue weighted by molar-refractivity contribution is 5.83. The maximum Gasteiger partial charge on any atom is 0.248 e. The second kappa shape index (κ2) is 6.27. The van der Waals surface area contributed by atoms with E-state index in [-0.39, 0.29) is 11.9 Å². The van der Waals surface area contributed by atoms with Crippen LogP contribution in [-0.2, 0) is 11.2 Å². The summed E-state index contributed by atoms with van der Waals surface area (Å²) in [5.41, 5.74) is 2.48. The lowest BCUT2D eigenvalue weighted by Gasteiger charge is -2.34. The molecule has 6 rings (SSSR count). The van der Waals surface area contributed by atoms with Gasteiger partial charge in [0.1, 0.15) is 11.6 Å². The molecule has 4 aromatic rings. The van der Waals surface area contributed by atoms with Gasteiger partial charge in [0.15, 0.2) is 23.1 Å². The Labute approximate surface area is 167 Å². The van der Waals surface area contributed by atoms with Gasteiger partial charge in [-0.3, -0.25) is 4.79 Å². The third-order valence-electron chi connectivity index (χ3n) is 5.81. The number of benzene rings is 2. The van der Waals surface area contributed by atoms with Crippen molar-refractivity contribution in [1.29, 1.82) is 0 Å². The first kappa shape index (κ1) is 16.5. The van der Waals surface area contributed by atoms with Gasteiger partial charge in [-0.25, -0.2) is 14.6 Å². The molecule has 1 saturated heterocycles. The standard InChI is InChI=1S/C22H19N5O2/c28-22-17(13-19-23-15-9-4-5-11-18(15)29-19)27-21(16-10-6-12-26(16)22)24-20(25-27)14-7-2-1-3-8-14/h1-5,7-9,11,16-17H,6,10,12-13H2/t16-,17+/m1/s1. The average Bonchev–Trinajstić information content (AvgIpc) is 3.48. The molecule has 0 unspecified atom stereocenters. The van der Waals surface area contributed by atoms with Crippen LogP contribution < -0.4 is 0 Å². The van der Waals surface area contributed by atoms with E-state index in [1.165, 1.54) is 0 Å². The van der Waals surface area contributed by atoms with Crippen LogP contribution in [0.1, 0.15) is 36.6 Å². The molecule has 144 valence electrons. The lowest BCUT2D eigenvalue weighted by atomic mass is 10.1. The van der Waals surface area contributed by atoms with Gasteiger partial charge in [-0.2, -0.15) is 0 Å². The molecule has 2 aliphatic rings. The van der Waals surface area contributed by atoms with Crippen molar-refractivity contribution in [3.63, 3.8) is 0 Å². The Morgan fingerprint density at radius 3 is 2.72 bits per heavy atom. The highest BCUT2D eigenvalue weighted by Gasteiger charge is 2.44. The van der Waals surface area contributed by atoms with Gasteiger partial charge in [-0.1, -0.05) is 42.5 Å². The second-order valence-electron chi connectivity index (χ2n) is 7.59. The van der Waals surface area contributed by atoms with Gasteiger partial charge in [0.05, 0.1) is 12.5 Å². The minimum atomic E-state index is -0.489. The van der Waals surface area contributed by atoms with E-state index in [1.54, 1.807) is 0 Å². The summed E-state index contributed by atoms with van der Waals surface area (Å²) in [5.74, 6) is 2.14. The van der Waals surface area contributed by atoms with Crippen LogP contribution in [-0.4, -0.2) is 37.1 Å². The van der Waals surface area contributed by atoms with Gasteiger partial charge in [-0.15, -0.1) is 5.10 Å². The Kier molecular flexibility index (Phi) is 3.56. The summed E-state index contributed by atoms with van der Waals surface area (Å²) in [6.07, 6.45) is 2.27. The molecule has 0 bridgehead atoms. The highest BCUT2D eigenvalue weighted by atomic mass is 16.3. The first-order valence-corrected chi connectivity index (χ1v) is 9.95. The molecular formula is C22H19N5O2. The Balaban J connectivity index is 1.44. The molecule has 2 atom stereocenters. The normalized spacial score (nSPS) is 20.8. The molecular weight excluding hydrogens is 366 g/mol. The topological polar surface area (TPSA) is 77.0 Å². The fraction of sp³-hybridized carbons (Fsp3) is 0.273. The molecule has 7 nitrogen and oxygen atoms in total. The summed E-state index contributed by atoms with van der Waals surface area (Å²) in [6, 6.07) is 17.1. The highest BCUT2D eigenvalue weighted by Crippen LogP contribution is 2.39. The number of carbonyl (C=O) groups excluding carboxylic acids is 1. The molecule has 1 fully saturated rings. The quantitative estimate of drug-likeness (QED) is 0.539. The molecule has 2 aromatic carbocycles. The van der Waals surface area contributed by atoms with Crippen molar-refractivity contribution in [1.82, 2.24) is 24.6 Å². The van der Waals surface area contributed by atoms with E-state index in [2.05, 4.69) is 4.98 Å². The lowest BCUT2D eigenvalue weighted by molar-refractivity contribution is -0.138. The summed E-state index contributed by atoms with van der Waals surface area (Å²) < 4.78 is 7.71. The number of hydrogen-bond donors (Lipinski definition) is 0. The number of para-hydroxylation sites is 2. The number of hydrogen-bond acceptors (Lipinski definition) is 5. The van der Waals surface area contributed by atoms with Gasteiger partial charge in [-0.05, 0) is 25.0 Å². The molecule has 0 N–H and O–H groups in total. The number of fused-ring (bicyclic) bond motifs is 4. The first-order valence-electron chi connectivity index (χ1n) is 9.95. The van der Waals surface area contributed by atoms with Crippen LogP contribution in [0.2, 0.25) is 0 Å². The summed E-state index contributed by atoms with van der Waals surface area (Å²) in [4.78, 5) is 24.7. The minimum absolute atomic E-state index is 0.00680. The Morgan fingerprint density at radius 2 is 1.86 bits per heavy atom. The Morgan fingerprint density at radius 1 is 1.03 bits per heavy atom. The molecule has 2 aliphatic heterocycles. The smallest absolute Gasteiger partial charge is 0.248 e. The first-order chi connectivity index (χ1) is 14.3. The van der Waals surface area contributed by atoms with Crippen LogP contribution in [0.25, 0.3) is 22.5 Å². The molecule has 0 aliphatic carbocycles. The van der Waals surface area contributed by atoms with Crippen molar-refractivity contribution < 1.29 is 9.21 Å². The van der Waals surface area contributed by atoms with Crippen LogP contribution in [0.4, 0.5) is 0 Å². The Bertz CT molecular complexity index is 1180. The van der Waals surface area contributed by atoms with E-state index in [0.717, 1.165) is 41.9 Å². The number of carbonyl (C=O) groups is 1. The van der Waals surface area contributed by atoms with E-state index in [4.69, 9.17) is 14.5 Å². The van der Waals surface area contributed by atoms with Crippen molar-refractivity contribution in [2.75, 3.05) is 6.54 Å². The zero-order chi connectivity index (χ0) is 19.4. The zero-order valence-electron chi connectivity index (χ0n) is 15.7. The number of rotatable bonds is 3. The largest absolute Gasteiger partial charge is 0.441 e. The molecule has 29 heavy (non-hydrogen) atoms. The summed E-state index contributed by atoms with van der Waals surface area (Å²) in [7, 11) is 0. The monoisotopic (exact) mass is 385 g/mol. The van der Waals surface area contributed by atoms with Gasteiger partial charge >= 0.3 is 0 Å². The zero-order valence-corrected chi connectivity index (χ0v) is 15.7. The van der Waals surface area contributed by atoms with E-state index in [0.29, 0.717) is 18.1 Å². The Hall–Kier alpha value is -3.48. The molecule has 4 heterocycles.